The SMILES string of the molecule is COc1ccc(Cl)cc1N1C(=O)[C@H]2[C@H](C1=O)[C@]1(Cl)C(Cl)=C(Cl)[C@]2(Cl)C1(Cl)Cl. The first kappa shape index (κ1) is 20.2. The summed E-state index contributed by atoms with van der Waals surface area (Å²) in [6.45, 7) is 0. The molecule has 2 amide bonds. The zero-order valence-corrected chi connectivity index (χ0v) is 18.5. The number of hydrogen-bond donors (Lipinski definition) is 0. The average Bonchev–Trinajstić information content (AvgIpc) is 2.99. The van der Waals surface area contributed by atoms with Crippen molar-refractivity contribution in [2.75, 3.05) is 12.0 Å². The van der Waals surface area contributed by atoms with Crippen molar-refractivity contribution in [3.8, 4) is 5.75 Å². The van der Waals surface area contributed by atoms with Crippen LogP contribution in [-0.2, 0) is 9.59 Å². The van der Waals surface area contributed by atoms with Crippen molar-refractivity contribution in [2.24, 2.45) is 11.8 Å². The molecule has 144 valence electrons. The van der Waals surface area contributed by atoms with Gasteiger partial charge in [0.25, 0.3) is 0 Å². The predicted molar refractivity (Wildman–Crippen MR) is 108 cm³/mol. The van der Waals surface area contributed by atoms with Gasteiger partial charge in [-0.3, -0.25) is 9.59 Å². The van der Waals surface area contributed by atoms with Crippen LogP contribution < -0.4 is 9.64 Å². The van der Waals surface area contributed by atoms with Crippen molar-refractivity contribution in [1.82, 2.24) is 0 Å². The van der Waals surface area contributed by atoms with E-state index in [4.69, 9.17) is 85.9 Å². The van der Waals surface area contributed by atoms with Crippen LogP contribution >= 0.6 is 81.2 Å². The van der Waals surface area contributed by atoms with Crippen molar-refractivity contribution < 1.29 is 14.3 Å². The topological polar surface area (TPSA) is 46.6 Å². The lowest BCUT2D eigenvalue weighted by atomic mass is 9.84. The zero-order valence-electron chi connectivity index (χ0n) is 13.2. The van der Waals surface area contributed by atoms with E-state index in [2.05, 4.69) is 0 Å². The Morgan fingerprint density at radius 2 is 1.41 bits per heavy atom. The van der Waals surface area contributed by atoms with E-state index in [9.17, 15) is 9.59 Å². The Kier molecular flexibility index (Phi) is 4.47. The highest BCUT2D eigenvalue weighted by atomic mass is 35.5. The summed E-state index contributed by atoms with van der Waals surface area (Å²) < 4.78 is 3.28. The van der Waals surface area contributed by atoms with Crippen molar-refractivity contribution in [2.45, 2.75) is 14.1 Å². The molecule has 1 aliphatic heterocycles. The summed E-state index contributed by atoms with van der Waals surface area (Å²) in [5, 5.41) is 0.00659. The highest BCUT2D eigenvalue weighted by Gasteiger charge is 2.87. The highest BCUT2D eigenvalue weighted by molar-refractivity contribution is 6.67. The number of allylic oxidation sites excluding steroid dienone is 2. The van der Waals surface area contributed by atoms with Crippen molar-refractivity contribution in [1.29, 1.82) is 0 Å². The lowest BCUT2D eigenvalue weighted by molar-refractivity contribution is -0.123. The molecule has 1 saturated carbocycles. The molecule has 1 aromatic carbocycles. The van der Waals surface area contributed by atoms with E-state index in [0.29, 0.717) is 5.02 Å². The number of benzene rings is 1. The molecule has 1 heterocycles. The van der Waals surface area contributed by atoms with Crippen LogP contribution in [0.3, 0.4) is 0 Å². The van der Waals surface area contributed by atoms with Gasteiger partial charge in [0, 0.05) is 5.02 Å². The fourth-order valence-electron chi connectivity index (χ4n) is 4.07. The molecular weight excluding hydrogens is 502 g/mol. The van der Waals surface area contributed by atoms with Gasteiger partial charge in [-0.05, 0) is 18.2 Å². The van der Waals surface area contributed by atoms with Crippen LogP contribution in [0.25, 0.3) is 0 Å². The number of nitrogens with zero attached hydrogens (tertiary/aromatic N) is 1. The summed E-state index contributed by atoms with van der Waals surface area (Å²) in [5.41, 5.74) is 0.149. The van der Waals surface area contributed by atoms with Crippen molar-refractivity contribution in [3.63, 3.8) is 0 Å². The first-order valence-corrected chi connectivity index (χ1v) is 10.1. The van der Waals surface area contributed by atoms with E-state index in [1.807, 2.05) is 0 Å². The molecule has 11 heteroatoms. The number of anilines is 1. The second-order valence-electron chi connectivity index (χ2n) is 6.41. The van der Waals surface area contributed by atoms with E-state index in [-0.39, 0.29) is 21.5 Å². The Labute approximate surface area is 189 Å². The molecule has 0 unspecified atom stereocenters. The summed E-state index contributed by atoms with van der Waals surface area (Å²) in [4.78, 5) is 23.8. The zero-order chi connectivity index (χ0) is 20.1. The molecule has 3 aliphatic rings. The van der Waals surface area contributed by atoms with Gasteiger partial charge in [0.1, 0.15) is 15.5 Å². The molecule has 0 aromatic heterocycles. The van der Waals surface area contributed by atoms with Gasteiger partial charge < -0.3 is 4.74 Å². The Balaban J connectivity index is 1.93. The minimum absolute atomic E-state index is 0.145. The number of halogens is 7. The van der Waals surface area contributed by atoms with Gasteiger partial charge in [0.2, 0.25) is 11.8 Å². The number of fused-ring (bicyclic) bond motifs is 5. The fraction of sp³-hybridized carbons (Fsp3) is 0.375. The molecule has 1 aromatic rings. The predicted octanol–water partition coefficient (Wildman–Crippen LogP) is 5.30. The molecule has 0 radical (unpaired) electrons. The molecule has 2 aliphatic carbocycles. The van der Waals surface area contributed by atoms with Crippen LogP contribution in [0.15, 0.2) is 28.3 Å². The van der Waals surface area contributed by atoms with Crippen LogP contribution in [0.2, 0.25) is 5.02 Å². The van der Waals surface area contributed by atoms with Crippen LogP contribution in [0.4, 0.5) is 5.69 Å². The van der Waals surface area contributed by atoms with E-state index in [1.165, 1.54) is 19.2 Å². The molecule has 2 fully saturated rings. The summed E-state index contributed by atoms with van der Waals surface area (Å²) in [6, 6.07) is 4.51. The van der Waals surface area contributed by atoms with Crippen molar-refractivity contribution in [3.05, 3.63) is 33.3 Å². The van der Waals surface area contributed by atoms with Gasteiger partial charge in [-0.15, -0.1) is 23.2 Å². The maximum absolute atomic E-state index is 13.3. The number of methoxy groups -OCH3 is 1. The summed E-state index contributed by atoms with van der Waals surface area (Å²) in [5.74, 6) is -3.50. The highest BCUT2D eigenvalue weighted by Crippen LogP contribution is 2.77. The van der Waals surface area contributed by atoms with Gasteiger partial charge in [-0.2, -0.15) is 0 Å². The van der Waals surface area contributed by atoms with E-state index < -0.39 is 37.7 Å². The van der Waals surface area contributed by atoms with Gasteiger partial charge in [-0.1, -0.05) is 58.0 Å². The smallest absolute Gasteiger partial charge is 0.240 e. The largest absolute Gasteiger partial charge is 0.495 e. The molecule has 0 N–H and O–H groups in total. The van der Waals surface area contributed by atoms with Crippen molar-refractivity contribution >= 4 is 98.7 Å². The van der Waals surface area contributed by atoms with Crippen LogP contribution in [0.5, 0.6) is 5.75 Å². The number of carbonyl (C=O) groups is 2. The number of rotatable bonds is 2. The summed E-state index contributed by atoms with van der Waals surface area (Å²) in [7, 11) is 1.40. The number of ether oxygens (including phenoxy) is 1. The second kappa shape index (κ2) is 5.98. The Bertz CT molecular complexity index is 902. The minimum atomic E-state index is -1.97. The first-order chi connectivity index (χ1) is 12.5. The first-order valence-electron chi connectivity index (χ1n) is 7.49. The Morgan fingerprint density at radius 3 is 1.85 bits per heavy atom. The lowest BCUT2D eigenvalue weighted by Gasteiger charge is -2.34. The molecule has 1 saturated heterocycles. The van der Waals surface area contributed by atoms with Gasteiger partial charge >= 0.3 is 0 Å². The third-order valence-electron chi connectivity index (χ3n) is 5.29. The number of hydrogen-bond acceptors (Lipinski definition) is 3. The third kappa shape index (κ3) is 2.06. The molecule has 4 rings (SSSR count). The van der Waals surface area contributed by atoms with Gasteiger partial charge in [0.15, 0.2) is 4.33 Å². The average molecular weight is 510 g/mol. The van der Waals surface area contributed by atoms with Gasteiger partial charge in [0.05, 0.1) is 34.7 Å². The maximum atomic E-state index is 13.3. The molecule has 27 heavy (non-hydrogen) atoms. The molecular formula is C16H8Cl7NO3. The number of imide groups is 1. The van der Waals surface area contributed by atoms with Gasteiger partial charge in [-0.25, -0.2) is 4.90 Å². The molecule has 4 nitrogen and oxygen atoms in total. The fourth-order valence-corrected chi connectivity index (χ4v) is 7.17. The number of alkyl halides is 4. The molecule has 4 atom stereocenters. The Morgan fingerprint density at radius 1 is 0.926 bits per heavy atom. The standard InChI is InChI=1S/C16H8Cl7NO3/c1-27-7-3-2-5(17)4-6(7)24-12(25)8-9(13(24)26)15(21)11(19)10(18)14(8,20)16(15,22)23/h2-4,8-9H,1H3/t8-,9-,14+,15+/m1/s1. The van der Waals surface area contributed by atoms with Crippen LogP contribution in [-0.4, -0.2) is 33.0 Å². The maximum Gasteiger partial charge on any atom is 0.240 e. The van der Waals surface area contributed by atoms with E-state index in [0.717, 1.165) is 4.90 Å². The minimum Gasteiger partial charge on any atom is -0.495 e. The van der Waals surface area contributed by atoms with E-state index >= 15 is 0 Å². The summed E-state index contributed by atoms with van der Waals surface area (Å²) in [6.07, 6.45) is 0. The normalized spacial score (nSPS) is 36.7. The second-order valence-corrected chi connectivity index (χ2v) is 10.1. The van der Waals surface area contributed by atoms with Crippen LogP contribution in [0, 0.1) is 11.8 Å². The number of amides is 2. The third-order valence-corrected chi connectivity index (χ3v) is 9.78. The molecule has 2 bridgehead atoms. The Hall–Kier alpha value is -0.0700. The number of carbonyl (C=O) groups excluding carboxylic acids is 2. The van der Waals surface area contributed by atoms with E-state index in [1.54, 1.807) is 6.07 Å². The lowest BCUT2D eigenvalue weighted by Crippen LogP contribution is -2.50. The quantitative estimate of drug-likeness (QED) is 0.401. The van der Waals surface area contributed by atoms with Crippen LogP contribution in [0.1, 0.15) is 0 Å². The monoisotopic (exact) mass is 507 g/mol. The summed E-state index contributed by atoms with van der Waals surface area (Å²) >= 11 is 44.8. The molecule has 0 spiro atoms.